The Hall–Kier alpha value is -2.48. The average molecular weight is 349 g/mol. The van der Waals surface area contributed by atoms with Crippen LogP contribution in [0.4, 0.5) is 10.1 Å². The van der Waals surface area contributed by atoms with Gasteiger partial charge in [-0.15, -0.1) is 0 Å². The Kier molecular flexibility index (Phi) is 5.50. The van der Waals surface area contributed by atoms with Gasteiger partial charge in [0.05, 0.1) is 10.8 Å². The molecule has 0 aliphatic heterocycles. The predicted molar refractivity (Wildman–Crippen MR) is 89.9 cm³/mol. The molecule has 1 atom stereocenters. The first-order valence-corrected chi connectivity index (χ1v) is 8.01. The van der Waals surface area contributed by atoms with Crippen molar-refractivity contribution in [3.05, 3.63) is 51.8 Å². The Morgan fingerprint density at radius 2 is 1.92 bits per heavy atom. The molecule has 1 amide bonds. The molecule has 0 fully saturated rings. The van der Waals surface area contributed by atoms with Crippen molar-refractivity contribution in [2.45, 2.75) is 31.0 Å². The van der Waals surface area contributed by atoms with Crippen LogP contribution in [0.5, 0.6) is 0 Å². The van der Waals surface area contributed by atoms with E-state index >= 15 is 0 Å². The number of H-pyrrole nitrogens is 1. The van der Waals surface area contributed by atoms with Crippen LogP contribution >= 0.6 is 11.8 Å². The number of hydrogen-bond donors (Lipinski definition) is 2. The monoisotopic (exact) mass is 349 g/mol. The first-order chi connectivity index (χ1) is 11.3. The van der Waals surface area contributed by atoms with Crippen LogP contribution in [0.2, 0.25) is 0 Å². The van der Waals surface area contributed by atoms with Gasteiger partial charge in [0.2, 0.25) is 5.91 Å². The zero-order chi connectivity index (χ0) is 17.9. The van der Waals surface area contributed by atoms with Crippen LogP contribution in [-0.2, 0) is 4.79 Å². The number of aromatic nitrogens is 2. The van der Waals surface area contributed by atoms with Gasteiger partial charge in [-0.3, -0.25) is 9.59 Å². The maximum atomic E-state index is 12.9. The van der Waals surface area contributed by atoms with E-state index in [4.69, 9.17) is 0 Å². The van der Waals surface area contributed by atoms with Crippen molar-refractivity contribution in [3.8, 4) is 0 Å². The number of Topliss-reactive ketones (excluding diaryl/α,β-unsaturated/α-hetero) is 1. The van der Waals surface area contributed by atoms with Gasteiger partial charge in [-0.1, -0.05) is 11.8 Å². The molecule has 0 spiro atoms. The van der Waals surface area contributed by atoms with Crippen molar-refractivity contribution in [2.75, 3.05) is 5.32 Å². The molecule has 24 heavy (non-hydrogen) atoms. The van der Waals surface area contributed by atoms with E-state index in [2.05, 4.69) is 15.3 Å². The summed E-state index contributed by atoms with van der Waals surface area (Å²) in [5.74, 6) is -0.990. The quantitative estimate of drug-likeness (QED) is 0.492. The summed E-state index contributed by atoms with van der Waals surface area (Å²) in [7, 11) is 0. The molecule has 0 unspecified atom stereocenters. The molecule has 1 aromatic heterocycles. The topological polar surface area (TPSA) is 91.9 Å². The first-order valence-electron chi connectivity index (χ1n) is 7.13. The summed E-state index contributed by atoms with van der Waals surface area (Å²) in [5.41, 5.74) is 0.582. The van der Waals surface area contributed by atoms with Gasteiger partial charge in [-0.2, -0.15) is 4.98 Å². The van der Waals surface area contributed by atoms with Crippen molar-refractivity contribution in [2.24, 2.45) is 0 Å². The molecule has 0 saturated heterocycles. The number of ketones is 1. The van der Waals surface area contributed by atoms with Gasteiger partial charge in [0.1, 0.15) is 10.8 Å². The Balaban J connectivity index is 2.18. The molecule has 2 aromatic rings. The fourth-order valence-corrected chi connectivity index (χ4v) is 3.11. The molecule has 126 valence electrons. The van der Waals surface area contributed by atoms with Gasteiger partial charge in [0.15, 0.2) is 5.78 Å². The number of carbonyl (C=O) groups excluding carboxylic acids is 2. The molecule has 1 heterocycles. The number of rotatable bonds is 5. The molecule has 6 nitrogen and oxygen atoms in total. The van der Waals surface area contributed by atoms with Gasteiger partial charge in [0.25, 0.3) is 0 Å². The number of hydrogen-bond acceptors (Lipinski definition) is 5. The minimum atomic E-state index is -0.609. The van der Waals surface area contributed by atoms with E-state index in [0.29, 0.717) is 16.9 Å². The van der Waals surface area contributed by atoms with E-state index in [0.717, 1.165) is 11.8 Å². The van der Waals surface area contributed by atoms with Gasteiger partial charge in [0, 0.05) is 11.4 Å². The normalized spacial score (nSPS) is 11.8. The molecule has 0 aliphatic rings. The second-order valence-electron chi connectivity index (χ2n) is 5.16. The zero-order valence-electron chi connectivity index (χ0n) is 13.3. The minimum Gasteiger partial charge on any atom is -0.325 e. The Morgan fingerprint density at radius 3 is 2.50 bits per heavy atom. The number of carbonyl (C=O) groups is 2. The van der Waals surface area contributed by atoms with Gasteiger partial charge >= 0.3 is 5.69 Å². The lowest BCUT2D eigenvalue weighted by Crippen LogP contribution is -2.24. The fraction of sp³-hybridized carbons (Fsp3) is 0.250. The lowest BCUT2D eigenvalue weighted by atomic mass is 10.2. The largest absolute Gasteiger partial charge is 0.346 e. The molecule has 2 rings (SSSR count). The van der Waals surface area contributed by atoms with Crippen LogP contribution in [0, 0.1) is 12.7 Å². The second-order valence-corrected chi connectivity index (χ2v) is 6.49. The number of aryl methyl sites for hydroxylation is 1. The summed E-state index contributed by atoms with van der Waals surface area (Å²) in [4.78, 5) is 41.8. The van der Waals surface area contributed by atoms with Crippen LogP contribution in [0.25, 0.3) is 0 Å². The standard InChI is InChI=1S/C16H16FN3O3S/c1-8-13(9(2)21)15(20-16(23)18-8)24-10(3)14(22)19-12-6-4-11(17)5-7-12/h4-7,10H,1-3H3,(H,19,22)(H,18,20,23)/t10-/m1/s1. The third kappa shape index (κ3) is 4.29. The molecule has 0 saturated carbocycles. The summed E-state index contributed by atoms with van der Waals surface area (Å²) >= 11 is 1.02. The minimum absolute atomic E-state index is 0.213. The van der Waals surface area contributed by atoms with Crippen LogP contribution in [-0.4, -0.2) is 26.9 Å². The summed E-state index contributed by atoms with van der Waals surface area (Å²) in [6.45, 7) is 4.61. The van der Waals surface area contributed by atoms with Crippen molar-refractivity contribution >= 4 is 29.1 Å². The number of nitrogens with zero attached hydrogens (tertiary/aromatic N) is 1. The van der Waals surface area contributed by atoms with Crippen LogP contribution in [0.1, 0.15) is 29.9 Å². The molecule has 1 aromatic carbocycles. The van der Waals surface area contributed by atoms with Crippen molar-refractivity contribution in [1.82, 2.24) is 9.97 Å². The Bertz CT molecular complexity index is 833. The lowest BCUT2D eigenvalue weighted by molar-refractivity contribution is -0.115. The Morgan fingerprint density at radius 1 is 1.29 bits per heavy atom. The zero-order valence-corrected chi connectivity index (χ0v) is 14.2. The molecule has 0 aliphatic carbocycles. The maximum Gasteiger partial charge on any atom is 0.346 e. The molecule has 2 N–H and O–H groups in total. The number of amides is 1. The van der Waals surface area contributed by atoms with E-state index in [1.165, 1.54) is 31.2 Å². The maximum absolute atomic E-state index is 12.9. The highest BCUT2D eigenvalue weighted by molar-refractivity contribution is 8.00. The highest BCUT2D eigenvalue weighted by atomic mass is 32.2. The second kappa shape index (κ2) is 7.39. The highest BCUT2D eigenvalue weighted by Gasteiger charge is 2.21. The summed E-state index contributed by atoms with van der Waals surface area (Å²) in [6, 6.07) is 5.37. The third-order valence-corrected chi connectivity index (χ3v) is 4.29. The number of benzene rings is 1. The van der Waals surface area contributed by atoms with E-state index < -0.39 is 16.8 Å². The molecular formula is C16H16FN3O3S. The molecule has 0 radical (unpaired) electrons. The summed E-state index contributed by atoms with van der Waals surface area (Å²) < 4.78 is 12.9. The van der Waals surface area contributed by atoms with Crippen molar-refractivity contribution < 1.29 is 14.0 Å². The first kappa shape index (κ1) is 17.9. The van der Waals surface area contributed by atoms with Crippen molar-refractivity contribution in [1.29, 1.82) is 0 Å². The summed E-state index contributed by atoms with van der Waals surface area (Å²) in [6.07, 6.45) is 0. The van der Waals surface area contributed by atoms with Gasteiger partial charge in [-0.05, 0) is 45.0 Å². The molecular weight excluding hydrogens is 333 g/mol. The Labute approximate surface area is 141 Å². The van der Waals surface area contributed by atoms with E-state index in [1.54, 1.807) is 13.8 Å². The average Bonchev–Trinajstić information content (AvgIpc) is 2.48. The third-order valence-electron chi connectivity index (χ3n) is 3.21. The number of aromatic amines is 1. The summed E-state index contributed by atoms with van der Waals surface area (Å²) in [5, 5.41) is 2.25. The number of halogens is 1. The smallest absolute Gasteiger partial charge is 0.325 e. The lowest BCUT2D eigenvalue weighted by Gasteiger charge is -2.13. The van der Waals surface area contributed by atoms with Crippen molar-refractivity contribution in [3.63, 3.8) is 0 Å². The molecule has 8 heteroatoms. The number of anilines is 1. The number of thioether (sulfide) groups is 1. The highest BCUT2D eigenvalue weighted by Crippen LogP contribution is 2.26. The van der Waals surface area contributed by atoms with E-state index in [-0.39, 0.29) is 16.7 Å². The fourth-order valence-electron chi connectivity index (χ4n) is 2.06. The van der Waals surface area contributed by atoms with E-state index in [1.807, 2.05) is 0 Å². The SMILES string of the molecule is CC(=O)c1c(S[C@H](C)C(=O)Nc2ccc(F)cc2)nc(=O)[nH]c1C. The predicted octanol–water partition coefficient (Wildman–Crippen LogP) is 2.54. The molecule has 0 bridgehead atoms. The van der Waals surface area contributed by atoms with Gasteiger partial charge in [-0.25, -0.2) is 9.18 Å². The van der Waals surface area contributed by atoms with Crippen LogP contribution < -0.4 is 11.0 Å². The van der Waals surface area contributed by atoms with Crippen LogP contribution in [0.15, 0.2) is 34.1 Å². The number of nitrogens with one attached hydrogen (secondary N) is 2. The van der Waals surface area contributed by atoms with E-state index in [9.17, 15) is 18.8 Å². The van der Waals surface area contributed by atoms with Gasteiger partial charge < -0.3 is 10.3 Å². The van der Waals surface area contributed by atoms with Crippen LogP contribution in [0.3, 0.4) is 0 Å².